The van der Waals surface area contributed by atoms with E-state index in [-0.39, 0.29) is 0 Å². The maximum atomic E-state index is 6.22. The standard InChI is InChI=1S/C32H46N6O2/c1-19(17-37(7)8)18-39-27-12-9-20(2)28(16-27)32-34-30(29-23(5)36-40-24(29)6)22(4)31(35-32)33-25-13-14-38(21(3)15-25)26-10-11-26/h9,12,16,19,21,25-26H,10-11,13-15,17-18H2,1-8H3,(H,33,34,35)/t19-,21+,25+/m1/s1. The number of anilines is 1. The molecule has 3 atom stereocenters. The van der Waals surface area contributed by atoms with Gasteiger partial charge in [-0.15, -0.1) is 0 Å². The Balaban J connectivity index is 1.48. The van der Waals surface area contributed by atoms with Crippen molar-refractivity contribution in [2.75, 3.05) is 39.1 Å². The van der Waals surface area contributed by atoms with Crippen molar-refractivity contribution in [1.82, 2.24) is 24.9 Å². The van der Waals surface area contributed by atoms with E-state index in [0.717, 1.165) is 82.9 Å². The molecule has 0 amide bonds. The van der Waals surface area contributed by atoms with E-state index >= 15 is 0 Å². The summed E-state index contributed by atoms with van der Waals surface area (Å²) < 4.78 is 11.8. The lowest BCUT2D eigenvalue weighted by molar-refractivity contribution is 0.144. The second-order valence-electron chi connectivity index (χ2n) is 12.4. The zero-order valence-corrected chi connectivity index (χ0v) is 25.5. The van der Waals surface area contributed by atoms with Gasteiger partial charge in [-0.3, -0.25) is 4.90 Å². The van der Waals surface area contributed by atoms with Gasteiger partial charge in [0.25, 0.3) is 0 Å². The molecule has 8 heteroatoms. The lowest BCUT2D eigenvalue weighted by atomic mass is 9.97. The van der Waals surface area contributed by atoms with Gasteiger partial charge in [0.1, 0.15) is 17.3 Å². The van der Waals surface area contributed by atoms with E-state index in [1.807, 2.05) is 19.9 Å². The van der Waals surface area contributed by atoms with E-state index in [9.17, 15) is 0 Å². The molecule has 0 spiro atoms. The van der Waals surface area contributed by atoms with Crippen molar-refractivity contribution < 1.29 is 9.26 Å². The number of hydrogen-bond acceptors (Lipinski definition) is 8. The Morgan fingerprint density at radius 2 is 1.90 bits per heavy atom. The van der Waals surface area contributed by atoms with Gasteiger partial charge in [-0.2, -0.15) is 0 Å². The van der Waals surface area contributed by atoms with Gasteiger partial charge in [0.2, 0.25) is 0 Å². The number of nitrogens with zero attached hydrogens (tertiary/aromatic N) is 5. The molecule has 40 heavy (non-hydrogen) atoms. The molecule has 2 aliphatic rings. The van der Waals surface area contributed by atoms with E-state index < -0.39 is 0 Å². The molecule has 8 nitrogen and oxygen atoms in total. The SMILES string of the molecule is Cc1ccc(OC[C@H](C)CN(C)C)cc1-c1nc(N[C@H]2CCN(C3CC3)[C@@H](C)C2)c(C)c(-c2c(C)noc2C)n1. The summed E-state index contributed by atoms with van der Waals surface area (Å²) in [5.74, 6) is 3.61. The van der Waals surface area contributed by atoms with E-state index in [2.05, 4.69) is 74.2 Å². The molecule has 1 saturated heterocycles. The van der Waals surface area contributed by atoms with Gasteiger partial charge in [0.05, 0.1) is 23.6 Å². The topological polar surface area (TPSA) is 79.5 Å². The molecular weight excluding hydrogens is 500 g/mol. The number of aryl methyl sites for hydroxylation is 3. The predicted octanol–water partition coefficient (Wildman–Crippen LogP) is 6.04. The van der Waals surface area contributed by atoms with Crippen LogP contribution in [-0.2, 0) is 0 Å². The first kappa shape index (κ1) is 28.6. The molecule has 2 fully saturated rings. The quantitative estimate of drug-likeness (QED) is 0.330. The molecule has 0 unspecified atom stereocenters. The third-order valence-corrected chi connectivity index (χ3v) is 8.36. The van der Waals surface area contributed by atoms with Crippen LogP contribution in [0.25, 0.3) is 22.6 Å². The highest BCUT2D eigenvalue weighted by atomic mass is 16.5. The van der Waals surface area contributed by atoms with E-state index in [4.69, 9.17) is 19.2 Å². The highest BCUT2D eigenvalue weighted by Crippen LogP contribution is 2.37. The average Bonchev–Trinajstić information content (AvgIpc) is 3.68. The second-order valence-corrected chi connectivity index (χ2v) is 12.4. The number of rotatable bonds is 10. The summed E-state index contributed by atoms with van der Waals surface area (Å²) >= 11 is 0. The fourth-order valence-electron chi connectivity index (χ4n) is 6.15. The molecule has 0 bridgehead atoms. The van der Waals surface area contributed by atoms with Crippen LogP contribution in [0.5, 0.6) is 5.75 Å². The molecule has 216 valence electrons. The second kappa shape index (κ2) is 11.9. The van der Waals surface area contributed by atoms with Crippen LogP contribution in [0.15, 0.2) is 22.7 Å². The van der Waals surface area contributed by atoms with E-state index in [1.54, 1.807) is 0 Å². The number of benzene rings is 1. The van der Waals surface area contributed by atoms with Crippen molar-refractivity contribution in [1.29, 1.82) is 0 Å². The van der Waals surface area contributed by atoms with Crippen molar-refractivity contribution in [3.05, 3.63) is 40.8 Å². The third-order valence-electron chi connectivity index (χ3n) is 8.36. The zero-order chi connectivity index (χ0) is 28.6. The molecule has 1 saturated carbocycles. The Morgan fingerprint density at radius 3 is 2.55 bits per heavy atom. The molecule has 1 aliphatic heterocycles. The van der Waals surface area contributed by atoms with Gasteiger partial charge >= 0.3 is 0 Å². The largest absolute Gasteiger partial charge is 0.493 e. The fourth-order valence-corrected chi connectivity index (χ4v) is 6.15. The minimum atomic E-state index is 0.373. The third kappa shape index (κ3) is 6.33. The molecular formula is C32H46N6O2. The van der Waals surface area contributed by atoms with Gasteiger partial charge in [0.15, 0.2) is 5.82 Å². The minimum absolute atomic E-state index is 0.373. The highest BCUT2D eigenvalue weighted by Gasteiger charge is 2.36. The van der Waals surface area contributed by atoms with Crippen molar-refractivity contribution in [3.63, 3.8) is 0 Å². The number of ether oxygens (including phenoxy) is 1. The Labute approximate surface area is 239 Å². The zero-order valence-electron chi connectivity index (χ0n) is 25.5. The summed E-state index contributed by atoms with van der Waals surface area (Å²) in [6.07, 6.45) is 4.94. The number of nitrogens with one attached hydrogen (secondary N) is 1. The monoisotopic (exact) mass is 546 g/mol. The molecule has 5 rings (SSSR count). The first-order chi connectivity index (χ1) is 19.1. The van der Waals surface area contributed by atoms with E-state index in [0.29, 0.717) is 30.4 Å². The van der Waals surface area contributed by atoms with Crippen LogP contribution in [0.3, 0.4) is 0 Å². The Hall–Kier alpha value is -2.97. The molecule has 1 aromatic carbocycles. The van der Waals surface area contributed by atoms with Crippen LogP contribution in [0, 0.1) is 33.6 Å². The van der Waals surface area contributed by atoms with Crippen LogP contribution < -0.4 is 10.1 Å². The number of hydrogen-bond donors (Lipinski definition) is 1. The average molecular weight is 547 g/mol. The lowest BCUT2D eigenvalue weighted by Crippen LogP contribution is -2.46. The first-order valence-corrected chi connectivity index (χ1v) is 14.8. The van der Waals surface area contributed by atoms with Crippen LogP contribution in [0.1, 0.15) is 62.1 Å². The van der Waals surface area contributed by atoms with E-state index in [1.165, 1.54) is 12.8 Å². The van der Waals surface area contributed by atoms with Gasteiger partial charge in [-0.25, -0.2) is 9.97 Å². The van der Waals surface area contributed by atoms with Gasteiger partial charge in [-0.05, 0) is 92.1 Å². The maximum absolute atomic E-state index is 6.22. The lowest BCUT2D eigenvalue weighted by Gasteiger charge is -2.38. The smallest absolute Gasteiger partial charge is 0.162 e. The predicted molar refractivity (Wildman–Crippen MR) is 161 cm³/mol. The van der Waals surface area contributed by atoms with Gasteiger partial charge in [-0.1, -0.05) is 18.1 Å². The first-order valence-electron chi connectivity index (χ1n) is 14.8. The molecule has 2 aromatic heterocycles. The van der Waals surface area contributed by atoms with Crippen molar-refractivity contribution in [2.45, 2.75) is 85.4 Å². The normalized spacial score (nSPS) is 20.6. The maximum Gasteiger partial charge on any atom is 0.162 e. The van der Waals surface area contributed by atoms with Crippen LogP contribution in [-0.4, -0.2) is 76.8 Å². The van der Waals surface area contributed by atoms with Crippen LogP contribution >= 0.6 is 0 Å². The summed E-state index contributed by atoms with van der Waals surface area (Å²) in [6.45, 7) is 15.5. The molecule has 1 N–H and O–H groups in total. The van der Waals surface area contributed by atoms with Crippen LogP contribution in [0.4, 0.5) is 5.82 Å². The number of aromatic nitrogens is 3. The van der Waals surface area contributed by atoms with Gasteiger partial charge < -0.3 is 19.5 Å². The summed E-state index contributed by atoms with van der Waals surface area (Å²) in [5.41, 5.74) is 5.77. The number of likely N-dealkylation sites (tertiary alicyclic amines) is 1. The summed E-state index contributed by atoms with van der Waals surface area (Å²) in [5, 5.41) is 8.07. The summed E-state index contributed by atoms with van der Waals surface area (Å²) in [6, 6.07) is 7.98. The molecule has 3 heterocycles. The van der Waals surface area contributed by atoms with Crippen LogP contribution in [0.2, 0.25) is 0 Å². The highest BCUT2D eigenvalue weighted by molar-refractivity contribution is 5.75. The Bertz CT molecular complexity index is 1310. The summed E-state index contributed by atoms with van der Waals surface area (Å²) in [4.78, 5) is 15.2. The van der Waals surface area contributed by atoms with Crippen molar-refractivity contribution in [2.24, 2.45) is 5.92 Å². The van der Waals surface area contributed by atoms with Gasteiger partial charge in [0, 0.05) is 48.3 Å². The Morgan fingerprint density at radius 1 is 1.12 bits per heavy atom. The minimum Gasteiger partial charge on any atom is -0.493 e. The summed E-state index contributed by atoms with van der Waals surface area (Å²) in [7, 11) is 4.18. The molecule has 0 radical (unpaired) electrons. The fraction of sp³-hybridized carbons (Fsp3) is 0.594. The Kier molecular flexibility index (Phi) is 8.47. The number of piperidine rings is 1. The van der Waals surface area contributed by atoms with Crippen molar-refractivity contribution in [3.8, 4) is 28.4 Å². The molecule has 1 aliphatic carbocycles. The molecule has 3 aromatic rings. The van der Waals surface area contributed by atoms with Crippen molar-refractivity contribution >= 4 is 5.82 Å².